The second-order valence-electron chi connectivity index (χ2n) is 4.97. The molecule has 0 amide bonds. The van der Waals surface area contributed by atoms with Crippen molar-refractivity contribution < 1.29 is 38.9 Å². The summed E-state index contributed by atoms with van der Waals surface area (Å²) in [5.41, 5.74) is 0.677. The van der Waals surface area contributed by atoms with E-state index in [1.807, 2.05) is 0 Å². The molecule has 3 rings (SSSR count). The molecule has 2 heterocycles. The third-order valence-corrected chi connectivity index (χ3v) is 3.56. The molecule has 2 aliphatic heterocycles. The maximum Gasteiger partial charge on any atom is 0.339 e. The second kappa shape index (κ2) is 4.83. The molecule has 0 bridgehead atoms. The zero-order valence-corrected chi connectivity index (χ0v) is 11.0. The van der Waals surface area contributed by atoms with Crippen molar-refractivity contribution in [2.24, 2.45) is 0 Å². The summed E-state index contributed by atoms with van der Waals surface area (Å²) in [5.74, 6) is -4.28. The van der Waals surface area contributed by atoms with Crippen molar-refractivity contribution in [3.05, 3.63) is 34.4 Å². The van der Waals surface area contributed by atoms with Gasteiger partial charge in [-0.2, -0.15) is 0 Å². The molecule has 0 aliphatic carbocycles. The van der Waals surface area contributed by atoms with Crippen molar-refractivity contribution in [2.75, 3.05) is 0 Å². The topological polar surface area (TPSA) is 133 Å². The highest BCUT2D eigenvalue weighted by Crippen LogP contribution is 2.40. The van der Waals surface area contributed by atoms with E-state index in [1.54, 1.807) is 0 Å². The molecule has 22 heavy (non-hydrogen) atoms. The number of cyclic esters (lactones) is 2. The van der Waals surface area contributed by atoms with Crippen LogP contribution in [0.2, 0.25) is 0 Å². The van der Waals surface area contributed by atoms with E-state index < -0.39 is 48.9 Å². The van der Waals surface area contributed by atoms with E-state index in [2.05, 4.69) is 0 Å². The van der Waals surface area contributed by atoms with Gasteiger partial charge < -0.3 is 29.3 Å². The molecule has 0 N–H and O–H groups in total. The average molecular weight is 304 g/mol. The lowest BCUT2D eigenvalue weighted by atomic mass is 9.94. The van der Waals surface area contributed by atoms with Crippen LogP contribution < -0.4 is 10.2 Å². The van der Waals surface area contributed by atoms with Crippen LogP contribution in [0.5, 0.6) is 0 Å². The molecule has 8 nitrogen and oxygen atoms in total. The molecule has 0 saturated carbocycles. The summed E-state index contributed by atoms with van der Waals surface area (Å²) >= 11 is 0. The number of aliphatic carboxylic acids is 2. The Balaban J connectivity index is 2.04. The quantitative estimate of drug-likeness (QED) is 0.607. The van der Waals surface area contributed by atoms with E-state index in [0.717, 1.165) is 0 Å². The lowest BCUT2D eigenvalue weighted by molar-refractivity contribution is -0.308. The Morgan fingerprint density at radius 2 is 1.23 bits per heavy atom. The van der Waals surface area contributed by atoms with E-state index in [-0.39, 0.29) is 22.3 Å². The van der Waals surface area contributed by atoms with Crippen molar-refractivity contribution in [1.29, 1.82) is 0 Å². The first kappa shape index (κ1) is 14.1. The fourth-order valence-corrected chi connectivity index (χ4v) is 2.64. The summed E-state index contributed by atoms with van der Waals surface area (Å²) in [6, 6.07) is 2.61. The molecule has 0 saturated heterocycles. The van der Waals surface area contributed by atoms with Gasteiger partial charge >= 0.3 is 11.9 Å². The largest absolute Gasteiger partial charge is 0.550 e. The molecular weight excluding hydrogens is 296 g/mol. The second-order valence-corrected chi connectivity index (χ2v) is 4.97. The minimum absolute atomic E-state index is 0.0895. The van der Waals surface area contributed by atoms with Crippen molar-refractivity contribution in [3.63, 3.8) is 0 Å². The number of carbonyl (C=O) groups is 4. The van der Waals surface area contributed by atoms with Crippen LogP contribution in [0.3, 0.4) is 0 Å². The number of rotatable bonds is 4. The number of ether oxygens (including phenoxy) is 2. The Kier molecular flexibility index (Phi) is 3.09. The first-order valence-corrected chi connectivity index (χ1v) is 6.36. The normalized spacial score (nSPS) is 21.8. The van der Waals surface area contributed by atoms with Crippen molar-refractivity contribution in [1.82, 2.24) is 0 Å². The van der Waals surface area contributed by atoms with Gasteiger partial charge in [0.2, 0.25) is 0 Å². The number of carbonyl (C=O) groups excluding carboxylic acids is 4. The number of hydrogen-bond acceptors (Lipinski definition) is 8. The van der Waals surface area contributed by atoms with Crippen LogP contribution in [0.15, 0.2) is 12.1 Å². The fraction of sp³-hybridized carbons (Fsp3) is 0.286. The van der Waals surface area contributed by atoms with Gasteiger partial charge in [-0.1, -0.05) is 0 Å². The summed E-state index contributed by atoms with van der Waals surface area (Å²) < 4.78 is 9.86. The highest BCUT2D eigenvalue weighted by molar-refractivity contribution is 6.00. The fourth-order valence-electron chi connectivity index (χ4n) is 2.64. The minimum atomic E-state index is -1.40. The molecule has 0 radical (unpaired) electrons. The molecular formula is C14H8O8-2. The standard InChI is InChI=1S/C14H10O8/c15-11(16)3-9-5-1-7-6(2-8(5)14(20)21-9)10(4-12(17)18)22-13(7)19/h1-2,9-10H,3-4H2,(H,15,16)(H,17,18)/p-2/t9-,10+. The first-order chi connectivity index (χ1) is 10.4. The van der Waals surface area contributed by atoms with Gasteiger partial charge in [0.1, 0.15) is 12.2 Å². The smallest absolute Gasteiger partial charge is 0.339 e. The molecule has 2 aliphatic rings. The molecule has 2 atom stereocenters. The SMILES string of the molecule is O=C([O-])C[C@@H]1OC(=O)c2cc3c(cc21)C(=O)O[C@@H]3CC(=O)[O-]. The van der Waals surface area contributed by atoms with E-state index >= 15 is 0 Å². The lowest BCUT2D eigenvalue weighted by Gasteiger charge is -2.12. The third kappa shape index (κ3) is 2.18. The van der Waals surface area contributed by atoms with Gasteiger partial charge in [0.25, 0.3) is 0 Å². The zero-order chi connectivity index (χ0) is 16.0. The van der Waals surface area contributed by atoms with Crippen LogP contribution >= 0.6 is 0 Å². The number of fused-ring (bicyclic) bond motifs is 2. The third-order valence-electron chi connectivity index (χ3n) is 3.56. The first-order valence-electron chi connectivity index (χ1n) is 6.36. The molecule has 8 heteroatoms. The summed E-state index contributed by atoms with van der Waals surface area (Å²) in [7, 11) is 0. The predicted octanol–water partition coefficient (Wildman–Crippen LogP) is -1.61. The van der Waals surface area contributed by atoms with E-state index in [9.17, 15) is 29.4 Å². The number of carboxylic acids is 2. The van der Waals surface area contributed by atoms with Gasteiger partial charge in [0, 0.05) is 35.9 Å². The van der Waals surface area contributed by atoms with Crippen LogP contribution in [0, 0.1) is 0 Å². The summed E-state index contributed by atoms with van der Waals surface area (Å²) in [5, 5.41) is 21.4. The number of carboxylic acid groups (broad SMARTS) is 2. The summed E-state index contributed by atoms with van der Waals surface area (Å²) in [6.45, 7) is 0. The molecule has 0 aromatic heterocycles. The van der Waals surface area contributed by atoms with Gasteiger partial charge in [-0.15, -0.1) is 0 Å². The Bertz CT molecular complexity index is 658. The lowest BCUT2D eigenvalue weighted by Crippen LogP contribution is -2.24. The van der Waals surface area contributed by atoms with Gasteiger partial charge in [0.15, 0.2) is 0 Å². The molecule has 114 valence electrons. The molecule has 1 aromatic carbocycles. The molecule has 0 fully saturated rings. The van der Waals surface area contributed by atoms with Crippen molar-refractivity contribution >= 4 is 23.9 Å². The predicted molar refractivity (Wildman–Crippen MR) is 62.0 cm³/mol. The summed E-state index contributed by atoms with van der Waals surface area (Å²) in [4.78, 5) is 44.9. The number of esters is 2. The van der Waals surface area contributed by atoms with Gasteiger partial charge in [-0.05, 0) is 12.1 Å². The molecule has 0 unspecified atom stereocenters. The van der Waals surface area contributed by atoms with Gasteiger partial charge in [-0.25, -0.2) is 9.59 Å². The maximum absolute atomic E-state index is 11.8. The Morgan fingerprint density at radius 1 is 0.864 bits per heavy atom. The van der Waals surface area contributed by atoms with Crippen LogP contribution in [0.25, 0.3) is 0 Å². The summed E-state index contributed by atoms with van der Waals surface area (Å²) in [6.07, 6.45) is -3.14. The van der Waals surface area contributed by atoms with Crippen LogP contribution in [-0.2, 0) is 19.1 Å². The Hall–Kier alpha value is -2.90. The monoisotopic (exact) mass is 304 g/mol. The number of hydrogen-bond donors (Lipinski definition) is 0. The maximum atomic E-state index is 11.8. The molecule has 1 aromatic rings. The van der Waals surface area contributed by atoms with E-state index in [0.29, 0.717) is 0 Å². The van der Waals surface area contributed by atoms with Gasteiger partial charge in [0.05, 0.1) is 11.1 Å². The van der Waals surface area contributed by atoms with Crippen molar-refractivity contribution in [2.45, 2.75) is 25.0 Å². The average Bonchev–Trinajstić information content (AvgIpc) is 2.87. The van der Waals surface area contributed by atoms with E-state index in [1.165, 1.54) is 12.1 Å². The Morgan fingerprint density at radius 3 is 1.55 bits per heavy atom. The van der Waals surface area contributed by atoms with Gasteiger partial charge in [-0.3, -0.25) is 0 Å². The number of benzene rings is 1. The zero-order valence-electron chi connectivity index (χ0n) is 11.0. The molecule has 0 spiro atoms. The highest BCUT2D eigenvalue weighted by atomic mass is 16.6. The van der Waals surface area contributed by atoms with Crippen LogP contribution in [0.1, 0.15) is 56.9 Å². The van der Waals surface area contributed by atoms with E-state index in [4.69, 9.17) is 9.47 Å². The van der Waals surface area contributed by atoms with Crippen LogP contribution in [0.4, 0.5) is 0 Å². The highest BCUT2D eigenvalue weighted by Gasteiger charge is 2.38. The minimum Gasteiger partial charge on any atom is -0.550 e. The van der Waals surface area contributed by atoms with Crippen molar-refractivity contribution in [3.8, 4) is 0 Å². The van der Waals surface area contributed by atoms with Crippen LogP contribution in [-0.4, -0.2) is 23.9 Å². The Labute approximate surface area is 123 Å².